The molecule has 2 rings (SSSR count). The van der Waals surface area contributed by atoms with Crippen LogP contribution in [0.2, 0.25) is 0 Å². The number of hydrogen-bond donors (Lipinski definition) is 1. The lowest BCUT2D eigenvalue weighted by Gasteiger charge is -2.08. The Balaban J connectivity index is 2.32. The SMILES string of the molecule is CCCNc1nc(OCC)nc(-c2ccc(CC)cc2)n1. The number of hydrogen-bond acceptors (Lipinski definition) is 5. The van der Waals surface area contributed by atoms with Gasteiger partial charge in [-0.05, 0) is 25.3 Å². The van der Waals surface area contributed by atoms with Gasteiger partial charge in [0.15, 0.2) is 5.82 Å². The van der Waals surface area contributed by atoms with Crippen LogP contribution in [0.5, 0.6) is 6.01 Å². The van der Waals surface area contributed by atoms with Crippen LogP contribution in [0.25, 0.3) is 11.4 Å². The van der Waals surface area contributed by atoms with Crippen LogP contribution in [0.4, 0.5) is 5.95 Å². The summed E-state index contributed by atoms with van der Waals surface area (Å²) in [4.78, 5) is 13.1. The van der Waals surface area contributed by atoms with Crippen LogP contribution in [0, 0.1) is 0 Å². The van der Waals surface area contributed by atoms with Crippen molar-refractivity contribution in [2.75, 3.05) is 18.5 Å². The van der Waals surface area contributed by atoms with Crippen LogP contribution in [0.15, 0.2) is 24.3 Å². The van der Waals surface area contributed by atoms with Gasteiger partial charge in [-0.1, -0.05) is 38.1 Å². The van der Waals surface area contributed by atoms with Gasteiger partial charge in [-0.3, -0.25) is 0 Å². The van der Waals surface area contributed by atoms with Crippen molar-refractivity contribution in [3.8, 4) is 17.4 Å². The fourth-order valence-electron chi connectivity index (χ4n) is 1.88. The van der Waals surface area contributed by atoms with Crippen molar-refractivity contribution in [2.45, 2.75) is 33.6 Å². The summed E-state index contributed by atoms with van der Waals surface area (Å²) in [5, 5.41) is 3.18. The van der Waals surface area contributed by atoms with Crippen molar-refractivity contribution in [1.82, 2.24) is 15.0 Å². The molecule has 1 aromatic carbocycles. The van der Waals surface area contributed by atoms with E-state index in [4.69, 9.17) is 4.74 Å². The van der Waals surface area contributed by atoms with Gasteiger partial charge in [0.05, 0.1) is 6.61 Å². The summed E-state index contributed by atoms with van der Waals surface area (Å²) in [6, 6.07) is 8.62. The van der Waals surface area contributed by atoms with E-state index < -0.39 is 0 Å². The third-order valence-corrected chi connectivity index (χ3v) is 3.04. The zero-order valence-corrected chi connectivity index (χ0v) is 12.9. The minimum atomic E-state index is 0.362. The molecular weight excluding hydrogens is 264 g/mol. The molecule has 0 aliphatic heterocycles. The van der Waals surface area contributed by atoms with Crippen LogP contribution in [0.1, 0.15) is 32.8 Å². The maximum Gasteiger partial charge on any atom is 0.321 e. The summed E-state index contributed by atoms with van der Waals surface area (Å²) in [6.07, 6.45) is 2.03. The van der Waals surface area contributed by atoms with Crippen molar-refractivity contribution in [2.24, 2.45) is 0 Å². The van der Waals surface area contributed by atoms with Crippen molar-refractivity contribution in [1.29, 1.82) is 0 Å². The molecule has 0 amide bonds. The van der Waals surface area contributed by atoms with Crippen LogP contribution in [0.3, 0.4) is 0 Å². The lowest BCUT2D eigenvalue weighted by atomic mass is 10.1. The van der Waals surface area contributed by atoms with E-state index in [0.717, 1.165) is 24.9 Å². The van der Waals surface area contributed by atoms with E-state index in [1.807, 2.05) is 19.1 Å². The second-order valence-corrected chi connectivity index (χ2v) is 4.68. The van der Waals surface area contributed by atoms with E-state index in [2.05, 4.69) is 46.2 Å². The van der Waals surface area contributed by atoms with Gasteiger partial charge in [0.1, 0.15) is 0 Å². The normalized spacial score (nSPS) is 10.4. The first-order valence-corrected chi connectivity index (χ1v) is 7.48. The molecule has 5 heteroatoms. The lowest BCUT2D eigenvalue weighted by molar-refractivity contribution is 0.312. The summed E-state index contributed by atoms with van der Waals surface area (Å²) in [7, 11) is 0. The Morgan fingerprint density at radius 2 is 1.76 bits per heavy atom. The Morgan fingerprint density at radius 1 is 1.00 bits per heavy atom. The van der Waals surface area contributed by atoms with E-state index in [0.29, 0.717) is 24.4 Å². The fourth-order valence-corrected chi connectivity index (χ4v) is 1.88. The highest BCUT2D eigenvalue weighted by Gasteiger charge is 2.09. The van der Waals surface area contributed by atoms with E-state index in [-0.39, 0.29) is 0 Å². The molecule has 0 saturated carbocycles. The van der Waals surface area contributed by atoms with Crippen molar-refractivity contribution < 1.29 is 4.74 Å². The Hall–Kier alpha value is -2.17. The maximum atomic E-state index is 5.43. The number of aromatic nitrogens is 3. The van der Waals surface area contributed by atoms with Gasteiger partial charge in [0, 0.05) is 12.1 Å². The fraction of sp³-hybridized carbons (Fsp3) is 0.438. The molecule has 0 atom stereocenters. The third kappa shape index (κ3) is 4.15. The van der Waals surface area contributed by atoms with Crippen LogP contribution in [-0.4, -0.2) is 28.1 Å². The standard InChI is InChI=1S/C16H22N4O/c1-4-11-17-15-18-14(19-16(20-15)21-6-3)13-9-7-12(5-2)8-10-13/h7-10H,4-6,11H2,1-3H3,(H,17,18,19,20). The molecule has 0 fully saturated rings. The quantitative estimate of drug-likeness (QED) is 0.846. The lowest BCUT2D eigenvalue weighted by Crippen LogP contribution is -2.08. The van der Waals surface area contributed by atoms with Crippen molar-refractivity contribution in [3.63, 3.8) is 0 Å². The van der Waals surface area contributed by atoms with Gasteiger partial charge >= 0.3 is 6.01 Å². The van der Waals surface area contributed by atoms with Crippen molar-refractivity contribution in [3.05, 3.63) is 29.8 Å². The average molecular weight is 286 g/mol. The minimum Gasteiger partial charge on any atom is -0.464 e. The van der Waals surface area contributed by atoms with Gasteiger partial charge in [-0.25, -0.2) is 0 Å². The van der Waals surface area contributed by atoms with Gasteiger partial charge in [-0.15, -0.1) is 0 Å². The third-order valence-electron chi connectivity index (χ3n) is 3.04. The summed E-state index contributed by atoms with van der Waals surface area (Å²) >= 11 is 0. The zero-order chi connectivity index (χ0) is 15.1. The van der Waals surface area contributed by atoms with Gasteiger partial charge in [0.25, 0.3) is 0 Å². The first kappa shape index (κ1) is 15.2. The topological polar surface area (TPSA) is 59.9 Å². The average Bonchev–Trinajstić information content (AvgIpc) is 2.53. The molecule has 0 aliphatic carbocycles. The smallest absolute Gasteiger partial charge is 0.321 e. The molecule has 0 radical (unpaired) electrons. The Labute approximate surface area is 125 Å². The number of anilines is 1. The molecule has 0 aliphatic rings. The van der Waals surface area contributed by atoms with Gasteiger partial charge < -0.3 is 10.1 Å². The van der Waals surface area contributed by atoms with Crippen LogP contribution >= 0.6 is 0 Å². The molecule has 0 saturated heterocycles. The summed E-state index contributed by atoms with van der Waals surface area (Å²) < 4.78 is 5.43. The number of aryl methyl sites for hydroxylation is 1. The van der Waals surface area contributed by atoms with Crippen LogP contribution in [-0.2, 0) is 6.42 Å². The van der Waals surface area contributed by atoms with Crippen LogP contribution < -0.4 is 10.1 Å². The van der Waals surface area contributed by atoms with Crippen molar-refractivity contribution >= 4 is 5.95 Å². The molecule has 1 heterocycles. The monoisotopic (exact) mass is 286 g/mol. The van der Waals surface area contributed by atoms with E-state index >= 15 is 0 Å². The minimum absolute atomic E-state index is 0.362. The molecule has 1 aromatic heterocycles. The second kappa shape index (κ2) is 7.57. The van der Waals surface area contributed by atoms with E-state index in [1.54, 1.807) is 0 Å². The first-order valence-electron chi connectivity index (χ1n) is 7.48. The number of benzene rings is 1. The number of rotatable bonds is 7. The largest absolute Gasteiger partial charge is 0.464 e. The van der Waals surface area contributed by atoms with E-state index in [1.165, 1.54) is 5.56 Å². The summed E-state index contributed by atoms with van der Waals surface area (Å²) in [5.74, 6) is 1.19. The molecule has 112 valence electrons. The molecule has 0 bridgehead atoms. The zero-order valence-electron chi connectivity index (χ0n) is 12.9. The predicted molar refractivity (Wildman–Crippen MR) is 84.6 cm³/mol. The summed E-state index contributed by atoms with van der Waals surface area (Å²) in [5.41, 5.74) is 2.26. The molecule has 5 nitrogen and oxygen atoms in total. The maximum absolute atomic E-state index is 5.43. The number of ether oxygens (including phenoxy) is 1. The Kier molecular flexibility index (Phi) is 5.49. The first-order chi connectivity index (χ1) is 10.3. The Morgan fingerprint density at radius 3 is 2.38 bits per heavy atom. The highest BCUT2D eigenvalue weighted by atomic mass is 16.5. The van der Waals surface area contributed by atoms with Gasteiger partial charge in [0.2, 0.25) is 5.95 Å². The molecular formula is C16H22N4O. The van der Waals surface area contributed by atoms with E-state index in [9.17, 15) is 0 Å². The second-order valence-electron chi connectivity index (χ2n) is 4.68. The number of nitrogens with one attached hydrogen (secondary N) is 1. The predicted octanol–water partition coefficient (Wildman–Crippen LogP) is 3.32. The molecule has 0 unspecified atom stereocenters. The summed E-state index contributed by atoms with van der Waals surface area (Å²) in [6.45, 7) is 7.51. The molecule has 21 heavy (non-hydrogen) atoms. The Bertz CT molecular complexity index is 569. The van der Waals surface area contributed by atoms with Gasteiger partial charge in [-0.2, -0.15) is 15.0 Å². The molecule has 1 N–H and O–H groups in total. The number of nitrogens with zero attached hydrogens (tertiary/aromatic N) is 3. The molecule has 0 spiro atoms. The highest BCUT2D eigenvalue weighted by molar-refractivity contribution is 5.57. The highest BCUT2D eigenvalue weighted by Crippen LogP contribution is 2.19. The molecule has 2 aromatic rings.